The van der Waals surface area contributed by atoms with Gasteiger partial charge in [-0.2, -0.15) is 0 Å². The van der Waals surface area contributed by atoms with Crippen molar-refractivity contribution in [3.8, 4) is 0 Å². The Hall–Kier alpha value is 2.46. The summed E-state index contributed by atoms with van der Waals surface area (Å²) >= 11 is 0. The van der Waals surface area contributed by atoms with Gasteiger partial charge in [-0.1, -0.05) is 0 Å². The molecule has 0 atom stereocenters. The normalized spacial score (nSPS) is 0. The van der Waals surface area contributed by atoms with Gasteiger partial charge in [0.05, 0.1) is 0 Å². The first-order chi connectivity index (χ1) is 0. The molecule has 0 spiro atoms. The Balaban J connectivity index is 0. The van der Waals surface area contributed by atoms with Gasteiger partial charge in [-0.05, 0) is 0 Å². The van der Waals surface area contributed by atoms with Crippen molar-refractivity contribution in [3.63, 3.8) is 0 Å². The van der Waals surface area contributed by atoms with Crippen LogP contribution in [0.3, 0.4) is 0 Å². The number of halogens is 1. The quantitative estimate of drug-likeness (QED) is 0.348. The molecule has 0 heterocycles. The molecule has 0 bridgehead atoms. The van der Waals surface area contributed by atoms with Crippen molar-refractivity contribution in [2.24, 2.45) is 0 Å². The van der Waals surface area contributed by atoms with E-state index in [1.54, 1.807) is 0 Å². The standard InChI is InChI=1S/2Ag.ClH.Pt/h;;1H;/q;+1;;/p-1. The van der Waals surface area contributed by atoms with Crippen LogP contribution in [-0.4, -0.2) is 0 Å². The van der Waals surface area contributed by atoms with Crippen molar-refractivity contribution in [3.05, 3.63) is 0 Å². The fourth-order valence-corrected chi connectivity index (χ4v) is 0. The van der Waals surface area contributed by atoms with E-state index in [0.717, 1.165) is 0 Å². The van der Waals surface area contributed by atoms with Gasteiger partial charge in [-0.3, -0.25) is 0 Å². The summed E-state index contributed by atoms with van der Waals surface area (Å²) in [5.74, 6) is 0. The molecule has 0 aromatic heterocycles. The van der Waals surface area contributed by atoms with Gasteiger partial charge < -0.3 is 12.4 Å². The predicted octanol–water partition coefficient (Wildman–Crippen LogP) is -3.00. The average Bonchev–Trinajstić information content (AvgIpc) is 0. The molecule has 0 amide bonds. The second-order valence-corrected chi connectivity index (χ2v) is 0. The Labute approximate surface area is 77.2 Å². The molecule has 0 N–H and O–H groups in total. The molecule has 0 saturated carbocycles. The third kappa shape index (κ3) is 8.82. The first-order valence-electron chi connectivity index (χ1n) is 0. The van der Waals surface area contributed by atoms with Crippen molar-refractivity contribution in [1.29, 1.82) is 0 Å². The summed E-state index contributed by atoms with van der Waals surface area (Å²) in [5.41, 5.74) is 0. The minimum Gasteiger partial charge on any atom is -1.00 e. The van der Waals surface area contributed by atoms with Gasteiger partial charge in [0.2, 0.25) is 0 Å². The summed E-state index contributed by atoms with van der Waals surface area (Å²) in [4.78, 5) is 0. The van der Waals surface area contributed by atoms with E-state index in [9.17, 15) is 0 Å². The van der Waals surface area contributed by atoms with Crippen molar-refractivity contribution < 1.29 is 78.2 Å². The molecule has 0 aliphatic heterocycles. The van der Waals surface area contributed by atoms with Gasteiger partial charge in [0.25, 0.3) is 0 Å². The number of hydrogen-bond donors (Lipinski definition) is 0. The topological polar surface area (TPSA) is 0 Å². The first kappa shape index (κ1) is 31.8. The third-order valence-electron chi connectivity index (χ3n) is 0. The summed E-state index contributed by atoms with van der Waals surface area (Å²) in [6.45, 7) is 0. The SMILES string of the molecule is [Ag+].[Ag].[Cl-].[Pt]. The van der Waals surface area contributed by atoms with E-state index in [1.807, 2.05) is 0 Å². The van der Waals surface area contributed by atoms with Crippen molar-refractivity contribution in [2.45, 2.75) is 0 Å². The zero-order valence-corrected chi connectivity index (χ0v) is 7.29. The zero-order valence-electron chi connectivity index (χ0n) is 1.30. The minimum atomic E-state index is 0. The van der Waals surface area contributed by atoms with Gasteiger partial charge >= 0.3 is 22.4 Å². The molecule has 39 valence electrons. The van der Waals surface area contributed by atoms with Crippen LogP contribution in [0.5, 0.6) is 0 Å². The summed E-state index contributed by atoms with van der Waals surface area (Å²) in [5, 5.41) is 0. The van der Waals surface area contributed by atoms with Gasteiger partial charge in [0, 0.05) is 43.4 Å². The summed E-state index contributed by atoms with van der Waals surface area (Å²) in [6.07, 6.45) is 0. The largest absolute Gasteiger partial charge is 1.00 e. The Morgan fingerprint density at radius 1 is 1.00 bits per heavy atom. The van der Waals surface area contributed by atoms with E-state index in [0.29, 0.717) is 0 Å². The van der Waals surface area contributed by atoms with Gasteiger partial charge in [0.1, 0.15) is 0 Å². The molecule has 4 heavy (non-hydrogen) atoms. The predicted molar refractivity (Wildman–Crippen MR) is 0 cm³/mol. The molecule has 0 aromatic rings. The number of rotatable bonds is 0. The van der Waals surface area contributed by atoms with E-state index in [4.69, 9.17) is 0 Å². The van der Waals surface area contributed by atoms with Crippen LogP contribution in [0, 0.1) is 0 Å². The second kappa shape index (κ2) is 18.0. The van der Waals surface area contributed by atoms with Crippen LogP contribution in [0.25, 0.3) is 0 Å². The molecule has 4 heteroatoms. The van der Waals surface area contributed by atoms with Crippen LogP contribution in [0.1, 0.15) is 0 Å². The maximum atomic E-state index is 0. The Morgan fingerprint density at radius 2 is 1.00 bits per heavy atom. The molecule has 0 aromatic carbocycles. The summed E-state index contributed by atoms with van der Waals surface area (Å²) in [6, 6.07) is 0. The summed E-state index contributed by atoms with van der Waals surface area (Å²) < 4.78 is 0. The summed E-state index contributed by atoms with van der Waals surface area (Å²) in [7, 11) is 0. The van der Waals surface area contributed by atoms with Crippen molar-refractivity contribution in [2.75, 3.05) is 0 Å². The van der Waals surface area contributed by atoms with E-state index in [1.165, 1.54) is 0 Å². The van der Waals surface area contributed by atoms with Crippen LogP contribution >= 0.6 is 0 Å². The molecular weight excluding hydrogens is 446 g/mol. The van der Waals surface area contributed by atoms with Gasteiger partial charge in [-0.25, -0.2) is 0 Å². The van der Waals surface area contributed by atoms with E-state index < -0.39 is 0 Å². The van der Waals surface area contributed by atoms with Gasteiger partial charge in [-0.15, -0.1) is 0 Å². The molecular formula is Ag2ClPt. The van der Waals surface area contributed by atoms with Crippen molar-refractivity contribution >= 4 is 0 Å². The Morgan fingerprint density at radius 3 is 1.00 bits per heavy atom. The van der Waals surface area contributed by atoms with E-state index in [2.05, 4.69) is 0 Å². The Kier molecular flexibility index (Phi) is 143. The average molecular weight is 446 g/mol. The fraction of sp³-hybridized carbons (Fsp3) is 0. The molecule has 0 aliphatic rings. The maximum Gasteiger partial charge on any atom is 1.00 e. The van der Waals surface area contributed by atoms with E-state index in [-0.39, 0.29) is 78.2 Å². The molecule has 0 aliphatic carbocycles. The maximum absolute atomic E-state index is 0. The van der Waals surface area contributed by atoms with Crippen LogP contribution in [0.2, 0.25) is 0 Å². The Bertz CT molecular complexity index is 6.00. The first-order valence-corrected chi connectivity index (χ1v) is 0. The molecule has 0 nitrogen and oxygen atoms in total. The molecule has 0 fully saturated rings. The second-order valence-electron chi connectivity index (χ2n) is 0. The fourth-order valence-electron chi connectivity index (χ4n) is 0. The molecule has 0 rings (SSSR count). The molecule has 1 radical (unpaired) electrons. The van der Waals surface area contributed by atoms with Gasteiger partial charge in [0.15, 0.2) is 0 Å². The third-order valence-corrected chi connectivity index (χ3v) is 0. The zero-order chi connectivity index (χ0) is 0. The number of hydrogen-bond acceptors (Lipinski definition) is 0. The van der Waals surface area contributed by atoms with Crippen LogP contribution in [-0.2, 0) is 65.8 Å². The van der Waals surface area contributed by atoms with Crippen LogP contribution in [0.15, 0.2) is 0 Å². The monoisotopic (exact) mass is 444 g/mol. The minimum absolute atomic E-state index is 0. The van der Waals surface area contributed by atoms with Crippen LogP contribution in [0.4, 0.5) is 0 Å². The van der Waals surface area contributed by atoms with Crippen LogP contribution < -0.4 is 12.4 Å². The smallest absolute Gasteiger partial charge is 1.00 e. The molecule has 0 saturated heterocycles. The van der Waals surface area contributed by atoms with Crippen molar-refractivity contribution in [1.82, 2.24) is 0 Å². The van der Waals surface area contributed by atoms with E-state index >= 15 is 0 Å². The molecule has 0 unspecified atom stereocenters.